The van der Waals surface area contributed by atoms with Crippen LogP contribution in [0.25, 0.3) is 0 Å². The highest BCUT2D eigenvalue weighted by Crippen LogP contribution is 2.33. The van der Waals surface area contributed by atoms with Crippen LogP contribution in [-0.4, -0.2) is 17.0 Å². The summed E-state index contributed by atoms with van der Waals surface area (Å²) >= 11 is 2.06. The van der Waals surface area contributed by atoms with E-state index in [0.29, 0.717) is 16.7 Å². The molecule has 0 fully saturated rings. The second-order valence-electron chi connectivity index (χ2n) is 5.08. The summed E-state index contributed by atoms with van der Waals surface area (Å²) in [6.07, 6.45) is 3.68. The molecule has 0 aliphatic heterocycles. The summed E-state index contributed by atoms with van der Waals surface area (Å²) in [5.74, 6) is 1.26. The van der Waals surface area contributed by atoms with Crippen LogP contribution in [0.5, 0.6) is 0 Å². The Hall–Kier alpha value is 0.310. The van der Waals surface area contributed by atoms with Gasteiger partial charge in [0.05, 0.1) is 0 Å². The zero-order valence-corrected chi connectivity index (χ0v) is 11.3. The van der Waals surface area contributed by atoms with E-state index in [1.54, 1.807) is 0 Å². The number of unbranched alkanes of at least 4 members (excludes halogenated alkanes) is 1. The Labute approximate surface area is 94.2 Å². The summed E-state index contributed by atoms with van der Waals surface area (Å²) in [5.41, 5.74) is 6.49. The first-order valence-electron chi connectivity index (χ1n) is 5.80. The largest absolute Gasteiger partial charge is 0.327 e. The molecule has 14 heavy (non-hydrogen) atoms. The Balaban J connectivity index is 4.12. The van der Waals surface area contributed by atoms with Gasteiger partial charge in [0.1, 0.15) is 0 Å². The third-order valence-corrected chi connectivity index (χ3v) is 4.45. The van der Waals surface area contributed by atoms with Crippen molar-refractivity contribution in [2.75, 3.05) is 5.75 Å². The highest BCUT2D eigenvalue weighted by molar-refractivity contribution is 8.00. The molecule has 2 unspecified atom stereocenters. The van der Waals surface area contributed by atoms with Crippen LogP contribution < -0.4 is 5.73 Å². The summed E-state index contributed by atoms with van der Waals surface area (Å²) < 4.78 is 0. The van der Waals surface area contributed by atoms with Crippen molar-refractivity contribution >= 4 is 11.8 Å². The topological polar surface area (TPSA) is 26.0 Å². The minimum atomic E-state index is 0.327. The fraction of sp³-hybridized carbons (Fsp3) is 1.00. The molecule has 0 aliphatic rings. The van der Waals surface area contributed by atoms with Gasteiger partial charge in [-0.25, -0.2) is 0 Å². The van der Waals surface area contributed by atoms with Crippen LogP contribution in [0.3, 0.4) is 0 Å². The minimum absolute atomic E-state index is 0.327. The second kappa shape index (κ2) is 6.73. The minimum Gasteiger partial charge on any atom is -0.327 e. The smallest absolute Gasteiger partial charge is 0.0247 e. The lowest BCUT2D eigenvalue weighted by molar-refractivity contribution is 0.350. The molecule has 0 amide bonds. The van der Waals surface area contributed by atoms with Crippen molar-refractivity contribution in [1.82, 2.24) is 0 Å². The van der Waals surface area contributed by atoms with Gasteiger partial charge in [-0.15, -0.1) is 0 Å². The Kier molecular flexibility index (Phi) is 6.88. The summed E-state index contributed by atoms with van der Waals surface area (Å²) in [6, 6.07) is 0.344. The van der Waals surface area contributed by atoms with Gasteiger partial charge in [0.15, 0.2) is 0 Å². The van der Waals surface area contributed by atoms with E-state index in [-0.39, 0.29) is 0 Å². The predicted octanol–water partition coefficient (Wildman–Crippen LogP) is 3.67. The monoisotopic (exact) mass is 217 g/mol. The number of rotatable bonds is 6. The molecule has 0 rings (SSSR count). The average Bonchev–Trinajstić information content (AvgIpc) is 2.09. The van der Waals surface area contributed by atoms with Gasteiger partial charge >= 0.3 is 0 Å². The van der Waals surface area contributed by atoms with Gasteiger partial charge in [-0.1, -0.05) is 41.0 Å². The van der Waals surface area contributed by atoms with Gasteiger partial charge in [0.25, 0.3) is 0 Å². The van der Waals surface area contributed by atoms with Crippen molar-refractivity contribution in [3.63, 3.8) is 0 Å². The number of hydrogen-bond donors (Lipinski definition) is 1. The van der Waals surface area contributed by atoms with Crippen LogP contribution in [0.1, 0.15) is 53.9 Å². The van der Waals surface area contributed by atoms with Gasteiger partial charge in [-0.05, 0) is 24.0 Å². The van der Waals surface area contributed by atoms with Crippen molar-refractivity contribution in [2.45, 2.75) is 65.2 Å². The molecule has 86 valence electrons. The number of hydrogen-bond acceptors (Lipinski definition) is 2. The molecule has 0 aromatic carbocycles. The summed E-state index contributed by atoms with van der Waals surface area (Å²) in [6.45, 7) is 11.3. The summed E-state index contributed by atoms with van der Waals surface area (Å²) in [7, 11) is 0. The molecule has 2 N–H and O–H groups in total. The molecule has 0 saturated carbocycles. The van der Waals surface area contributed by atoms with Gasteiger partial charge < -0.3 is 5.73 Å². The Bertz CT molecular complexity index is 140. The number of thioether (sulfide) groups is 1. The molecule has 0 spiro atoms. The van der Waals surface area contributed by atoms with E-state index in [9.17, 15) is 0 Å². The van der Waals surface area contributed by atoms with E-state index in [2.05, 4.69) is 46.4 Å². The summed E-state index contributed by atoms with van der Waals surface area (Å²) in [4.78, 5) is 0. The maximum atomic E-state index is 6.16. The first kappa shape index (κ1) is 14.3. The molecule has 0 bridgehead atoms. The quantitative estimate of drug-likeness (QED) is 0.687. The molecule has 0 aliphatic carbocycles. The first-order valence-corrected chi connectivity index (χ1v) is 6.85. The molecule has 0 aromatic heterocycles. The highest BCUT2D eigenvalue weighted by atomic mass is 32.2. The van der Waals surface area contributed by atoms with Crippen LogP contribution in [0, 0.1) is 5.41 Å². The third kappa shape index (κ3) is 5.26. The Morgan fingerprint density at radius 1 is 1.21 bits per heavy atom. The van der Waals surface area contributed by atoms with Crippen LogP contribution >= 0.6 is 11.8 Å². The fourth-order valence-electron chi connectivity index (χ4n) is 1.58. The molecule has 1 nitrogen and oxygen atoms in total. The van der Waals surface area contributed by atoms with Crippen LogP contribution in [-0.2, 0) is 0 Å². The molecule has 0 aromatic rings. The third-order valence-electron chi connectivity index (χ3n) is 2.51. The van der Waals surface area contributed by atoms with E-state index < -0.39 is 0 Å². The van der Waals surface area contributed by atoms with Crippen LogP contribution in [0.2, 0.25) is 0 Å². The Morgan fingerprint density at radius 3 is 2.14 bits per heavy atom. The van der Waals surface area contributed by atoms with E-state index >= 15 is 0 Å². The van der Waals surface area contributed by atoms with Crippen molar-refractivity contribution in [3.05, 3.63) is 0 Å². The van der Waals surface area contributed by atoms with Crippen LogP contribution in [0.4, 0.5) is 0 Å². The van der Waals surface area contributed by atoms with Crippen molar-refractivity contribution < 1.29 is 0 Å². The van der Waals surface area contributed by atoms with Crippen LogP contribution in [0.15, 0.2) is 0 Å². The Morgan fingerprint density at radius 2 is 1.79 bits per heavy atom. The standard InChI is InChI=1S/C12H27NS/c1-6-8-9-14-11(10(13)7-2)12(3,4)5/h10-11H,6-9,13H2,1-5H3. The molecule has 2 heteroatoms. The molecule has 0 heterocycles. The van der Waals surface area contributed by atoms with Crippen molar-refractivity contribution in [1.29, 1.82) is 0 Å². The maximum absolute atomic E-state index is 6.16. The van der Waals surface area contributed by atoms with E-state index in [0.717, 1.165) is 6.42 Å². The zero-order valence-electron chi connectivity index (χ0n) is 10.5. The van der Waals surface area contributed by atoms with E-state index in [1.807, 2.05) is 0 Å². The lowest BCUT2D eigenvalue weighted by Gasteiger charge is -2.34. The normalized spacial score (nSPS) is 16.7. The summed E-state index contributed by atoms with van der Waals surface area (Å²) in [5, 5.41) is 0.596. The predicted molar refractivity (Wildman–Crippen MR) is 68.9 cm³/mol. The van der Waals surface area contributed by atoms with Gasteiger partial charge in [-0.2, -0.15) is 11.8 Å². The van der Waals surface area contributed by atoms with E-state index in [4.69, 9.17) is 5.73 Å². The molecule has 2 atom stereocenters. The first-order chi connectivity index (χ1) is 6.43. The van der Waals surface area contributed by atoms with Gasteiger partial charge in [0, 0.05) is 11.3 Å². The molecular weight excluding hydrogens is 190 g/mol. The van der Waals surface area contributed by atoms with E-state index in [1.165, 1.54) is 18.6 Å². The zero-order chi connectivity index (χ0) is 11.2. The van der Waals surface area contributed by atoms with Gasteiger partial charge in [-0.3, -0.25) is 0 Å². The lowest BCUT2D eigenvalue weighted by Crippen LogP contribution is -2.40. The fourth-order valence-corrected chi connectivity index (χ4v) is 3.23. The molecule has 0 radical (unpaired) electrons. The van der Waals surface area contributed by atoms with Gasteiger partial charge in [0.2, 0.25) is 0 Å². The lowest BCUT2D eigenvalue weighted by atomic mass is 9.87. The molecule has 0 saturated heterocycles. The second-order valence-corrected chi connectivity index (χ2v) is 6.33. The highest BCUT2D eigenvalue weighted by Gasteiger charge is 2.29. The maximum Gasteiger partial charge on any atom is 0.0247 e. The molecular formula is C12H27NS. The number of nitrogens with two attached hydrogens (primary N) is 1. The van der Waals surface area contributed by atoms with Crippen molar-refractivity contribution in [3.8, 4) is 0 Å². The SMILES string of the molecule is CCCCSC(C(N)CC)C(C)(C)C. The average molecular weight is 217 g/mol. The van der Waals surface area contributed by atoms with Crippen molar-refractivity contribution in [2.24, 2.45) is 11.1 Å².